The molecule has 0 saturated carbocycles. The number of carbonyl (C=O) groups is 4. The highest BCUT2D eigenvalue weighted by Gasteiger charge is 2.45. The van der Waals surface area contributed by atoms with Crippen LogP contribution in [0.2, 0.25) is 0 Å². The molecule has 3 rings (SSSR count). The Hall–Kier alpha value is -2.39. The number of nitrogens with zero attached hydrogens (tertiary/aromatic N) is 1. The number of likely N-dealkylation sites (tertiary alicyclic amines) is 1. The van der Waals surface area contributed by atoms with E-state index in [0.29, 0.717) is 25.3 Å². The fourth-order valence-electron chi connectivity index (χ4n) is 3.66. The third kappa shape index (κ3) is 6.06. The fraction of sp³-hybridized carbons (Fsp3) is 0.524. The van der Waals surface area contributed by atoms with Gasteiger partial charge in [0.25, 0.3) is 0 Å². The van der Waals surface area contributed by atoms with Gasteiger partial charge >= 0.3 is 0 Å². The zero-order valence-electron chi connectivity index (χ0n) is 17.0. The van der Waals surface area contributed by atoms with E-state index in [1.54, 1.807) is 23.8 Å². The van der Waals surface area contributed by atoms with E-state index in [4.69, 9.17) is 4.74 Å². The second-order valence-electron chi connectivity index (χ2n) is 7.77. The maximum atomic E-state index is 12.4. The van der Waals surface area contributed by atoms with Gasteiger partial charge < -0.3 is 15.0 Å². The highest BCUT2D eigenvalue weighted by molar-refractivity contribution is 7.99. The quantitative estimate of drug-likeness (QED) is 0.444. The van der Waals surface area contributed by atoms with E-state index >= 15 is 0 Å². The van der Waals surface area contributed by atoms with Crippen LogP contribution >= 0.6 is 11.8 Å². The average Bonchev–Trinajstić information content (AvgIpc) is 2.67. The van der Waals surface area contributed by atoms with E-state index in [1.165, 1.54) is 0 Å². The molecule has 2 aliphatic heterocycles. The Morgan fingerprint density at radius 2 is 1.87 bits per heavy atom. The fourth-order valence-corrected chi connectivity index (χ4v) is 4.52. The van der Waals surface area contributed by atoms with Crippen molar-refractivity contribution in [1.82, 2.24) is 15.5 Å². The number of rotatable bonds is 9. The molecule has 9 heteroatoms. The van der Waals surface area contributed by atoms with Crippen molar-refractivity contribution in [3.63, 3.8) is 0 Å². The van der Waals surface area contributed by atoms with Crippen LogP contribution in [0.15, 0.2) is 35.2 Å². The zero-order valence-corrected chi connectivity index (χ0v) is 17.8. The molecule has 0 atom stereocenters. The number of thioether (sulfide) groups is 1. The molecule has 0 unspecified atom stereocenters. The van der Waals surface area contributed by atoms with Crippen molar-refractivity contribution in [2.24, 2.45) is 5.92 Å². The van der Waals surface area contributed by atoms with Crippen LogP contribution in [0, 0.1) is 5.92 Å². The first-order valence-electron chi connectivity index (χ1n) is 9.99. The van der Waals surface area contributed by atoms with Crippen LogP contribution in [0.5, 0.6) is 0 Å². The molecule has 0 spiro atoms. The van der Waals surface area contributed by atoms with E-state index in [-0.39, 0.29) is 55.4 Å². The number of imide groups is 1. The first-order valence-corrected chi connectivity index (χ1v) is 11.0. The maximum Gasteiger partial charge on any atom is 0.226 e. The third-order valence-corrected chi connectivity index (χ3v) is 6.39. The topological polar surface area (TPSA) is 105 Å². The van der Waals surface area contributed by atoms with E-state index in [1.807, 2.05) is 30.3 Å². The van der Waals surface area contributed by atoms with Gasteiger partial charge in [-0.15, -0.1) is 11.8 Å². The van der Waals surface area contributed by atoms with Crippen molar-refractivity contribution < 1.29 is 23.9 Å². The minimum atomic E-state index is -0.586. The third-order valence-electron chi connectivity index (χ3n) is 5.38. The van der Waals surface area contributed by atoms with Gasteiger partial charge in [0.2, 0.25) is 23.6 Å². The molecule has 2 N–H and O–H groups in total. The van der Waals surface area contributed by atoms with E-state index in [0.717, 1.165) is 4.90 Å². The number of piperidine rings is 1. The summed E-state index contributed by atoms with van der Waals surface area (Å²) in [5.74, 6) is -0.380. The minimum absolute atomic E-state index is 0.0733. The van der Waals surface area contributed by atoms with Gasteiger partial charge in [-0.05, 0) is 18.1 Å². The highest BCUT2D eigenvalue weighted by atomic mass is 32.2. The predicted octanol–water partition coefficient (Wildman–Crippen LogP) is 0.955. The lowest BCUT2D eigenvalue weighted by molar-refractivity contribution is -0.161. The molecule has 1 aromatic carbocycles. The van der Waals surface area contributed by atoms with Gasteiger partial charge in [0.15, 0.2) is 0 Å². The van der Waals surface area contributed by atoms with Gasteiger partial charge in [0.05, 0.1) is 19.6 Å². The molecular formula is C21H27N3O5S. The highest BCUT2D eigenvalue weighted by Crippen LogP contribution is 2.26. The summed E-state index contributed by atoms with van der Waals surface area (Å²) in [6.45, 7) is 1.16. The number of hydrogen-bond acceptors (Lipinski definition) is 6. The zero-order chi connectivity index (χ0) is 21.6. The predicted molar refractivity (Wildman–Crippen MR) is 112 cm³/mol. The molecule has 0 aliphatic carbocycles. The average molecular weight is 434 g/mol. The van der Waals surface area contributed by atoms with Crippen LogP contribution in [0.4, 0.5) is 0 Å². The Kier molecular flexibility index (Phi) is 7.49. The molecule has 0 bridgehead atoms. The minimum Gasteiger partial charge on any atom is -0.373 e. The van der Waals surface area contributed by atoms with Crippen molar-refractivity contribution in [2.75, 3.05) is 32.5 Å². The first kappa shape index (κ1) is 22.3. The Balaban J connectivity index is 1.36. The monoisotopic (exact) mass is 433 g/mol. The number of amides is 4. The number of carbonyl (C=O) groups excluding carboxylic acids is 4. The molecule has 0 radical (unpaired) electrons. The van der Waals surface area contributed by atoms with Crippen molar-refractivity contribution in [3.8, 4) is 0 Å². The molecule has 4 amide bonds. The van der Waals surface area contributed by atoms with Gasteiger partial charge in [0, 0.05) is 43.4 Å². The van der Waals surface area contributed by atoms with Gasteiger partial charge in [-0.25, -0.2) is 0 Å². The van der Waals surface area contributed by atoms with Gasteiger partial charge in [-0.1, -0.05) is 18.2 Å². The summed E-state index contributed by atoms with van der Waals surface area (Å²) >= 11 is 1.65. The summed E-state index contributed by atoms with van der Waals surface area (Å²) in [6, 6.07) is 9.95. The SMILES string of the molecule is COC1(CNC(=O)CC2CC(=O)NC(=O)C2)CN(C(=O)CCSc2ccccc2)C1. The summed E-state index contributed by atoms with van der Waals surface area (Å²) in [5.41, 5.74) is -0.586. The van der Waals surface area contributed by atoms with Crippen LogP contribution in [0.25, 0.3) is 0 Å². The maximum absolute atomic E-state index is 12.4. The Morgan fingerprint density at radius 1 is 1.20 bits per heavy atom. The normalized spacial score (nSPS) is 18.5. The molecule has 162 valence electrons. The number of ether oxygens (including phenoxy) is 1. The number of hydrogen-bond donors (Lipinski definition) is 2. The lowest BCUT2D eigenvalue weighted by atomic mass is 9.91. The molecule has 2 fully saturated rings. The van der Waals surface area contributed by atoms with Crippen LogP contribution in [0.1, 0.15) is 25.7 Å². The molecule has 2 saturated heterocycles. The van der Waals surface area contributed by atoms with Crippen molar-refractivity contribution in [1.29, 1.82) is 0 Å². The molecule has 2 aliphatic rings. The van der Waals surface area contributed by atoms with E-state index in [2.05, 4.69) is 10.6 Å². The summed E-state index contributed by atoms with van der Waals surface area (Å²) < 4.78 is 5.57. The molecule has 8 nitrogen and oxygen atoms in total. The summed E-state index contributed by atoms with van der Waals surface area (Å²) in [7, 11) is 1.57. The molecule has 0 aromatic heterocycles. The van der Waals surface area contributed by atoms with Crippen LogP contribution in [-0.4, -0.2) is 66.6 Å². The molecule has 30 heavy (non-hydrogen) atoms. The number of methoxy groups -OCH3 is 1. The second kappa shape index (κ2) is 10.1. The lowest BCUT2D eigenvalue weighted by Gasteiger charge is -2.49. The molecule has 1 aromatic rings. The van der Waals surface area contributed by atoms with E-state index in [9.17, 15) is 19.2 Å². The number of nitrogens with one attached hydrogen (secondary N) is 2. The molecular weight excluding hydrogens is 406 g/mol. The molecule has 2 heterocycles. The van der Waals surface area contributed by atoms with Gasteiger partial charge in [-0.2, -0.15) is 0 Å². The van der Waals surface area contributed by atoms with Gasteiger partial charge in [-0.3, -0.25) is 24.5 Å². The van der Waals surface area contributed by atoms with Crippen LogP contribution in [-0.2, 0) is 23.9 Å². The Labute approximate surface area is 180 Å². The van der Waals surface area contributed by atoms with Crippen molar-refractivity contribution in [2.45, 2.75) is 36.2 Å². The van der Waals surface area contributed by atoms with Gasteiger partial charge in [0.1, 0.15) is 5.60 Å². The summed E-state index contributed by atoms with van der Waals surface area (Å²) in [6.07, 6.45) is 0.928. The summed E-state index contributed by atoms with van der Waals surface area (Å²) in [5, 5.41) is 5.07. The lowest BCUT2D eigenvalue weighted by Crippen LogP contribution is -2.68. The first-order chi connectivity index (χ1) is 14.4. The Morgan fingerprint density at radius 3 is 2.50 bits per heavy atom. The van der Waals surface area contributed by atoms with Crippen molar-refractivity contribution >= 4 is 35.4 Å². The van der Waals surface area contributed by atoms with E-state index < -0.39 is 5.60 Å². The smallest absolute Gasteiger partial charge is 0.226 e. The van der Waals surface area contributed by atoms with Crippen LogP contribution < -0.4 is 10.6 Å². The standard InChI is InChI=1S/C21H27N3O5S/c1-29-21(12-22-17(25)9-15-10-18(26)23-19(27)11-15)13-24(14-21)20(28)7-8-30-16-5-3-2-4-6-16/h2-6,15H,7-14H2,1H3,(H,22,25)(H,23,26,27). The van der Waals surface area contributed by atoms with Crippen molar-refractivity contribution in [3.05, 3.63) is 30.3 Å². The van der Waals surface area contributed by atoms with Crippen LogP contribution in [0.3, 0.4) is 0 Å². The second-order valence-corrected chi connectivity index (χ2v) is 8.94. The Bertz CT molecular complexity index is 779. The summed E-state index contributed by atoms with van der Waals surface area (Å²) in [4.78, 5) is 50.3. The largest absolute Gasteiger partial charge is 0.373 e. The number of benzene rings is 1.